The van der Waals surface area contributed by atoms with E-state index in [4.69, 9.17) is 0 Å². The van der Waals surface area contributed by atoms with Crippen molar-refractivity contribution in [3.63, 3.8) is 0 Å². The first-order valence-electron chi connectivity index (χ1n) is 7.86. The third-order valence-corrected chi connectivity index (χ3v) is 4.99. The Kier molecular flexibility index (Phi) is 4.85. The second-order valence-electron chi connectivity index (χ2n) is 5.82. The quantitative estimate of drug-likeness (QED) is 0.379. The summed E-state index contributed by atoms with van der Waals surface area (Å²) in [5.74, 6) is 0.805. The molecule has 0 N–H and O–H groups in total. The molecule has 0 radical (unpaired) electrons. The van der Waals surface area contributed by atoms with Crippen molar-refractivity contribution >= 4 is 17.4 Å². The van der Waals surface area contributed by atoms with Crippen LogP contribution in [0.4, 0.5) is 5.69 Å². The van der Waals surface area contributed by atoms with E-state index in [1.807, 2.05) is 49.6 Å². The molecule has 25 heavy (non-hydrogen) atoms. The van der Waals surface area contributed by atoms with Gasteiger partial charge in [0.15, 0.2) is 5.16 Å². The Bertz CT molecular complexity index is 923. The first-order valence-corrected chi connectivity index (χ1v) is 8.74. The average Bonchev–Trinajstić information content (AvgIpc) is 2.95. The molecule has 128 valence electrons. The van der Waals surface area contributed by atoms with Crippen LogP contribution in [0.15, 0.2) is 53.7 Å². The highest BCUT2D eigenvalue weighted by Crippen LogP contribution is 2.36. The van der Waals surface area contributed by atoms with Crippen LogP contribution in [0.25, 0.3) is 5.69 Å². The molecule has 1 atom stereocenters. The zero-order chi connectivity index (χ0) is 18.0. The Balaban J connectivity index is 1.91. The summed E-state index contributed by atoms with van der Waals surface area (Å²) < 4.78 is 2.01. The van der Waals surface area contributed by atoms with Crippen LogP contribution in [0.2, 0.25) is 0 Å². The molecule has 0 aliphatic heterocycles. The van der Waals surface area contributed by atoms with Gasteiger partial charge in [-0.25, -0.2) is 0 Å². The van der Waals surface area contributed by atoms with Crippen LogP contribution in [-0.2, 0) is 0 Å². The molecule has 1 heterocycles. The Morgan fingerprint density at radius 2 is 1.88 bits per heavy atom. The molecule has 2 aromatic carbocycles. The van der Waals surface area contributed by atoms with Crippen molar-refractivity contribution in [2.24, 2.45) is 0 Å². The van der Waals surface area contributed by atoms with Gasteiger partial charge in [0.25, 0.3) is 5.69 Å². The molecular formula is C18H18N4O2S. The lowest BCUT2D eigenvalue weighted by atomic mass is 10.1. The molecule has 3 rings (SSSR count). The number of non-ortho nitro benzene ring substituents is 1. The monoisotopic (exact) mass is 354 g/mol. The van der Waals surface area contributed by atoms with Gasteiger partial charge in [-0.15, -0.1) is 10.2 Å². The van der Waals surface area contributed by atoms with Crippen LogP contribution >= 0.6 is 11.8 Å². The lowest BCUT2D eigenvalue weighted by molar-refractivity contribution is -0.384. The molecular weight excluding hydrogens is 336 g/mol. The molecule has 6 nitrogen and oxygen atoms in total. The standard InChI is InChI=1S/C18H18N4O2S/c1-12-6-4-8-16(10-12)21-14(3)19-20-18(21)25-13(2)15-7-5-9-17(11-15)22(23)24/h4-11,13H,1-3H3. The zero-order valence-corrected chi connectivity index (χ0v) is 15.0. The topological polar surface area (TPSA) is 73.8 Å². The van der Waals surface area contributed by atoms with Gasteiger partial charge in [0.2, 0.25) is 0 Å². The number of thioether (sulfide) groups is 1. The van der Waals surface area contributed by atoms with Gasteiger partial charge in [-0.1, -0.05) is 36.0 Å². The van der Waals surface area contributed by atoms with Crippen molar-refractivity contribution in [1.82, 2.24) is 14.8 Å². The fourth-order valence-electron chi connectivity index (χ4n) is 2.60. The summed E-state index contributed by atoms with van der Waals surface area (Å²) in [7, 11) is 0. The summed E-state index contributed by atoms with van der Waals surface area (Å²) in [6.07, 6.45) is 0. The van der Waals surface area contributed by atoms with E-state index in [2.05, 4.69) is 16.3 Å². The van der Waals surface area contributed by atoms with E-state index >= 15 is 0 Å². The van der Waals surface area contributed by atoms with Gasteiger partial charge in [-0.2, -0.15) is 0 Å². The molecule has 0 aliphatic carbocycles. The van der Waals surface area contributed by atoms with Gasteiger partial charge in [-0.3, -0.25) is 14.7 Å². The van der Waals surface area contributed by atoms with Crippen molar-refractivity contribution in [3.05, 3.63) is 75.6 Å². The van der Waals surface area contributed by atoms with E-state index in [0.717, 1.165) is 27.8 Å². The van der Waals surface area contributed by atoms with E-state index in [1.165, 1.54) is 17.8 Å². The minimum atomic E-state index is -0.375. The van der Waals surface area contributed by atoms with Crippen LogP contribution in [-0.4, -0.2) is 19.7 Å². The van der Waals surface area contributed by atoms with Crippen LogP contribution < -0.4 is 0 Å². The summed E-state index contributed by atoms with van der Waals surface area (Å²) >= 11 is 1.53. The zero-order valence-electron chi connectivity index (χ0n) is 14.2. The van der Waals surface area contributed by atoms with Gasteiger partial charge in [-0.05, 0) is 44.0 Å². The SMILES string of the molecule is Cc1cccc(-n2c(C)nnc2SC(C)c2cccc([N+](=O)[O-])c2)c1. The summed E-state index contributed by atoms with van der Waals surface area (Å²) in [6.45, 7) is 5.97. The minimum absolute atomic E-state index is 0.00654. The van der Waals surface area contributed by atoms with E-state index in [9.17, 15) is 10.1 Å². The van der Waals surface area contributed by atoms with Crippen molar-refractivity contribution in [2.45, 2.75) is 31.2 Å². The van der Waals surface area contributed by atoms with E-state index in [-0.39, 0.29) is 15.9 Å². The average molecular weight is 354 g/mol. The number of aromatic nitrogens is 3. The third-order valence-electron chi connectivity index (χ3n) is 3.89. The van der Waals surface area contributed by atoms with Gasteiger partial charge < -0.3 is 0 Å². The smallest absolute Gasteiger partial charge is 0.269 e. The minimum Gasteiger partial charge on any atom is -0.274 e. The van der Waals surface area contributed by atoms with E-state index < -0.39 is 0 Å². The highest BCUT2D eigenvalue weighted by Gasteiger charge is 2.17. The molecule has 0 spiro atoms. The van der Waals surface area contributed by atoms with Crippen LogP contribution in [0.3, 0.4) is 0 Å². The van der Waals surface area contributed by atoms with Crippen molar-refractivity contribution in [1.29, 1.82) is 0 Å². The molecule has 0 bridgehead atoms. The molecule has 7 heteroatoms. The fourth-order valence-corrected chi connectivity index (χ4v) is 3.63. The number of aryl methyl sites for hydroxylation is 2. The summed E-state index contributed by atoms with van der Waals surface area (Å²) in [5, 5.41) is 20.2. The van der Waals surface area contributed by atoms with Crippen molar-refractivity contribution in [3.8, 4) is 5.69 Å². The second kappa shape index (κ2) is 7.06. The summed E-state index contributed by atoms with van der Waals surface area (Å²) in [4.78, 5) is 10.6. The molecule has 0 saturated carbocycles. The lowest BCUT2D eigenvalue weighted by Gasteiger charge is -2.13. The lowest BCUT2D eigenvalue weighted by Crippen LogP contribution is -2.01. The van der Waals surface area contributed by atoms with E-state index in [0.29, 0.717) is 0 Å². The third kappa shape index (κ3) is 3.71. The number of benzene rings is 2. The Labute approximate surface area is 150 Å². The predicted molar refractivity (Wildman–Crippen MR) is 98.2 cm³/mol. The van der Waals surface area contributed by atoms with Gasteiger partial charge >= 0.3 is 0 Å². The normalized spacial score (nSPS) is 12.1. The Morgan fingerprint density at radius 1 is 1.12 bits per heavy atom. The van der Waals surface area contributed by atoms with Crippen LogP contribution in [0.5, 0.6) is 0 Å². The van der Waals surface area contributed by atoms with Crippen LogP contribution in [0, 0.1) is 24.0 Å². The molecule has 3 aromatic rings. The molecule has 0 aliphatic rings. The first-order chi connectivity index (χ1) is 12.0. The maximum atomic E-state index is 11.0. The Hall–Kier alpha value is -2.67. The van der Waals surface area contributed by atoms with E-state index in [1.54, 1.807) is 12.1 Å². The molecule has 0 fully saturated rings. The van der Waals surface area contributed by atoms with Gasteiger partial charge in [0, 0.05) is 23.1 Å². The number of hydrogen-bond acceptors (Lipinski definition) is 5. The van der Waals surface area contributed by atoms with Gasteiger partial charge in [0.05, 0.1) is 4.92 Å². The van der Waals surface area contributed by atoms with Crippen molar-refractivity contribution < 1.29 is 4.92 Å². The molecule has 0 amide bonds. The molecule has 0 saturated heterocycles. The maximum Gasteiger partial charge on any atom is 0.269 e. The number of nitro groups is 1. The second-order valence-corrected chi connectivity index (χ2v) is 7.12. The van der Waals surface area contributed by atoms with Crippen LogP contribution in [0.1, 0.15) is 29.1 Å². The largest absolute Gasteiger partial charge is 0.274 e. The number of nitrogens with zero attached hydrogens (tertiary/aromatic N) is 4. The molecule has 1 unspecified atom stereocenters. The van der Waals surface area contributed by atoms with Crippen molar-refractivity contribution in [2.75, 3.05) is 0 Å². The summed E-state index contributed by atoms with van der Waals surface area (Å²) in [5.41, 5.74) is 3.15. The predicted octanol–water partition coefficient (Wildman–Crippen LogP) is 4.65. The summed E-state index contributed by atoms with van der Waals surface area (Å²) in [6, 6.07) is 14.9. The highest BCUT2D eigenvalue weighted by molar-refractivity contribution is 7.99. The fraction of sp³-hybridized carbons (Fsp3) is 0.222. The first kappa shape index (κ1) is 17.2. The number of rotatable bonds is 5. The van der Waals surface area contributed by atoms with Gasteiger partial charge in [0.1, 0.15) is 5.82 Å². The Morgan fingerprint density at radius 3 is 2.60 bits per heavy atom. The molecule has 1 aromatic heterocycles. The highest BCUT2D eigenvalue weighted by atomic mass is 32.2. The number of nitro benzene ring substituents is 1. The number of hydrogen-bond donors (Lipinski definition) is 0. The maximum absolute atomic E-state index is 11.0.